The van der Waals surface area contributed by atoms with Crippen LogP contribution in [0.3, 0.4) is 0 Å². The van der Waals surface area contributed by atoms with E-state index in [1.807, 2.05) is 69.3 Å². The molecule has 1 saturated heterocycles. The minimum atomic E-state index is -1.16. The molecule has 4 rings (SSSR count). The van der Waals surface area contributed by atoms with Crippen molar-refractivity contribution < 1.29 is 28.6 Å². The van der Waals surface area contributed by atoms with Crippen LogP contribution < -0.4 is 0 Å². The van der Waals surface area contributed by atoms with Crippen LogP contribution in [0.4, 0.5) is 4.79 Å². The number of furan rings is 1. The summed E-state index contributed by atoms with van der Waals surface area (Å²) < 4.78 is 11.9. The largest absolute Gasteiger partial charge is 0.457 e. The highest BCUT2D eigenvalue weighted by molar-refractivity contribution is 6.12. The standard InChI is InChI=1S/C35H43NO6/c1-23(2)32-35(4,5)42-34(40)36(32)33(39)28(21-25-15-9-8-10-16-25)31(38)30-22-27(26-17-13-14-24(3)20-26)29(41-30)18-11-6-7-12-19-37/h8-10,13-17,20,22-23,28,32,37H,6-7,11-12,18-19,21H2,1-5H3/t28-,32-/m1/s1. The first-order valence-corrected chi connectivity index (χ1v) is 15.0. The van der Waals surface area contributed by atoms with E-state index in [2.05, 4.69) is 6.07 Å². The lowest BCUT2D eigenvalue weighted by Crippen LogP contribution is -2.51. The number of ether oxygens (including phenoxy) is 1. The molecule has 1 aliphatic heterocycles. The molecule has 42 heavy (non-hydrogen) atoms. The molecule has 224 valence electrons. The molecule has 0 aliphatic carbocycles. The van der Waals surface area contributed by atoms with Crippen LogP contribution in [0.15, 0.2) is 65.1 Å². The van der Waals surface area contributed by atoms with Gasteiger partial charge in [-0.05, 0) is 63.1 Å². The molecule has 0 saturated carbocycles. The number of aliphatic hydroxyl groups excluding tert-OH is 1. The number of aryl methyl sites for hydroxylation is 2. The van der Waals surface area contributed by atoms with Crippen LogP contribution in [-0.4, -0.2) is 46.0 Å². The molecule has 2 heterocycles. The van der Waals surface area contributed by atoms with Crippen LogP contribution in [0.5, 0.6) is 0 Å². The molecule has 0 bridgehead atoms. The van der Waals surface area contributed by atoms with E-state index in [-0.39, 0.29) is 24.7 Å². The Morgan fingerprint density at radius 2 is 1.69 bits per heavy atom. The van der Waals surface area contributed by atoms with Gasteiger partial charge in [0.15, 0.2) is 5.76 Å². The number of ketones is 1. The number of hydrogen-bond acceptors (Lipinski definition) is 6. The average Bonchev–Trinajstić information content (AvgIpc) is 3.48. The Bertz CT molecular complexity index is 1390. The third kappa shape index (κ3) is 7.01. The minimum absolute atomic E-state index is 0.0724. The summed E-state index contributed by atoms with van der Waals surface area (Å²) in [5, 5.41) is 9.12. The van der Waals surface area contributed by atoms with E-state index in [0.717, 1.165) is 52.8 Å². The number of cyclic esters (lactones) is 1. The van der Waals surface area contributed by atoms with Crippen LogP contribution in [0.1, 0.15) is 80.8 Å². The number of Topliss-reactive ketones (excluding diaryl/α,β-unsaturated/α-hetero) is 1. The first-order chi connectivity index (χ1) is 20.0. The van der Waals surface area contributed by atoms with E-state index < -0.39 is 35.3 Å². The van der Waals surface area contributed by atoms with Crippen LogP contribution in [-0.2, 0) is 22.4 Å². The third-order valence-corrected chi connectivity index (χ3v) is 8.00. The quantitative estimate of drug-likeness (QED) is 0.132. The summed E-state index contributed by atoms with van der Waals surface area (Å²) >= 11 is 0. The molecule has 0 unspecified atom stereocenters. The molecule has 0 spiro atoms. The zero-order chi connectivity index (χ0) is 30.4. The number of amides is 2. The molecule has 1 fully saturated rings. The van der Waals surface area contributed by atoms with Gasteiger partial charge in [-0.2, -0.15) is 0 Å². The van der Waals surface area contributed by atoms with Crippen molar-refractivity contribution >= 4 is 17.8 Å². The van der Waals surface area contributed by atoms with E-state index in [1.54, 1.807) is 19.9 Å². The van der Waals surface area contributed by atoms with Crippen molar-refractivity contribution in [1.29, 1.82) is 0 Å². The number of hydrogen-bond donors (Lipinski definition) is 1. The Morgan fingerprint density at radius 3 is 2.36 bits per heavy atom. The van der Waals surface area contributed by atoms with Crippen molar-refractivity contribution in [3.63, 3.8) is 0 Å². The molecule has 2 atom stereocenters. The summed E-state index contributed by atoms with van der Waals surface area (Å²) in [7, 11) is 0. The van der Waals surface area contributed by atoms with Crippen molar-refractivity contribution in [2.24, 2.45) is 11.8 Å². The second-order valence-corrected chi connectivity index (χ2v) is 12.2. The van der Waals surface area contributed by atoms with Crippen LogP contribution in [0.25, 0.3) is 11.1 Å². The maximum absolute atomic E-state index is 14.2. The Balaban J connectivity index is 1.72. The first kappa shape index (κ1) is 31.2. The molecular weight excluding hydrogens is 530 g/mol. The Labute approximate surface area is 248 Å². The predicted molar refractivity (Wildman–Crippen MR) is 162 cm³/mol. The topological polar surface area (TPSA) is 97.1 Å². The zero-order valence-corrected chi connectivity index (χ0v) is 25.4. The fourth-order valence-corrected chi connectivity index (χ4v) is 6.11. The number of unbranched alkanes of at least 4 members (excludes halogenated alkanes) is 3. The van der Waals surface area contributed by atoms with Gasteiger partial charge in [-0.3, -0.25) is 9.59 Å². The summed E-state index contributed by atoms with van der Waals surface area (Å²) in [6.07, 6.45) is 3.47. The number of nitrogens with zero attached hydrogens (tertiary/aromatic N) is 1. The highest BCUT2D eigenvalue weighted by atomic mass is 16.6. The molecule has 3 aromatic rings. The van der Waals surface area contributed by atoms with Gasteiger partial charge in [0.05, 0.1) is 6.04 Å². The maximum Gasteiger partial charge on any atom is 0.417 e. The summed E-state index contributed by atoms with van der Waals surface area (Å²) in [6, 6.07) is 18.6. The van der Waals surface area contributed by atoms with E-state index in [9.17, 15) is 14.4 Å². The number of rotatable bonds is 13. The maximum atomic E-state index is 14.2. The fourth-order valence-electron chi connectivity index (χ4n) is 6.11. The number of imide groups is 1. The minimum Gasteiger partial charge on any atom is -0.457 e. The smallest absolute Gasteiger partial charge is 0.417 e. The molecule has 1 N–H and O–H groups in total. The normalized spacial score (nSPS) is 17.0. The molecule has 0 radical (unpaired) electrons. The number of carbonyl (C=O) groups is 3. The van der Waals surface area contributed by atoms with Crippen LogP contribution in [0, 0.1) is 18.8 Å². The fraction of sp³-hybridized carbons (Fsp3) is 0.457. The third-order valence-electron chi connectivity index (χ3n) is 8.00. The SMILES string of the molecule is Cc1cccc(-c2cc(C(=O)[C@@H](Cc3ccccc3)C(=O)N3C(=O)OC(C)(C)[C@H]3C(C)C)oc2CCCCCCO)c1. The lowest BCUT2D eigenvalue weighted by molar-refractivity contribution is -0.133. The number of aliphatic hydroxyl groups is 1. The lowest BCUT2D eigenvalue weighted by atomic mass is 9.86. The number of benzene rings is 2. The first-order valence-electron chi connectivity index (χ1n) is 15.0. The average molecular weight is 574 g/mol. The van der Waals surface area contributed by atoms with Gasteiger partial charge in [-0.25, -0.2) is 9.69 Å². The molecule has 2 aromatic carbocycles. The Hall–Kier alpha value is -3.71. The van der Waals surface area contributed by atoms with Crippen LogP contribution >= 0.6 is 0 Å². The van der Waals surface area contributed by atoms with Gasteiger partial charge < -0.3 is 14.3 Å². The van der Waals surface area contributed by atoms with Gasteiger partial charge in [0.2, 0.25) is 11.7 Å². The lowest BCUT2D eigenvalue weighted by Gasteiger charge is -2.32. The summed E-state index contributed by atoms with van der Waals surface area (Å²) in [6.45, 7) is 9.66. The molecule has 7 heteroatoms. The Kier molecular flexibility index (Phi) is 10.0. The van der Waals surface area contributed by atoms with E-state index in [4.69, 9.17) is 14.3 Å². The van der Waals surface area contributed by atoms with Crippen molar-refractivity contribution in [1.82, 2.24) is 4.90 Å². The van der Waals surface area contributed by atoms with Gasteiger partial charge in [-0.15, -0.1) is 0 Å². The molecular formula is C35H43NO6. The number of carbonyl (C=O) groups excluding carboxylic acids is 3. The molecule has 2 amide bonds. The molecule has 1 aromatic heterocycles. The van der Waals surface area contributed by atoms with E-state index >= 15 is 0 Å². The van der Waals surface area contributed by atoms with Crippen molar-refractivity contribution in [3.8, 4) is 11.1 Å². The Morgan fingerprint density at radius 1 is 0.976 bits per heavy atom. The van der Waals surface area contributed by atoms with E-state index in [0.29, 0.717) is 12.2 Å². The summed E-state index contributed by atoms with van der Waals surface area (Å²) in [4.78, 5) is 42.7. The van der Waals surface area contributed by atoms with E-state index in [1.165, 1.54) is 0 Å². The van der Waals surface area contributed by atoms with Crippen molar-refractivity contribution in [3.05, 3.63) is 83.3 Å². The molecule has 7 nitrogen and oxygen atoms in total. The van der Waals surface area contributed by atoms with Crippen LogP contribution in [0.2, 0.25) is 0 Å². The molecule has 1 aliphatic rings. The summed E-state index contributed by atoms with van der Waals surface area (Å²) in [5.74, 6) is -1.46. The monoisotopic (exact) mass is 573 g/mol. The zero-order valence-electron chi connectivity index (χ0n) is 25.4. The van der Waals surface area contributed by atoms with Gasteiger partial charge in [0.25, 0.3) is 0 Å². The second kappa shape index (κ2) is 13.5. The van der Waals surface area contributed by atoms with Gasteiger partial charge in [0.1, 0.15) is 17.3 Å². The van der Waals surface area contributed by atoms with Gasteiger partial charge in [-0.1, -0.05) is 86.8 Å². The highest BCUT2D eigenvalue weighted by Gasteiger charge is 2.54. The van der Waals surface area contributed by atoms with Crippen molar-refractivity contribution in [2.45, 2.75) is 84.8 Å². The highest BCUT2D eigenvalue weighted by Crippen LogP contribution is 2.37. The van der Waals surface area contributed by atoms with Gasteiger partial charge in [0, 0.05) is 18.6 Å². The van der Waals surface area contributed by atoms with Gasteiger partial charge >= 0.3 is 6.09 Å². The second-order valence-electron chi connectivity index (χ2n) is 12.2. The summed E-state index contributed by atoms with van der Waals surface area (Å²) in [5.41, 5.74) is 2.79. The van der Waals surface area contributed by atoms with Crippen molar-refractivity contribution in [2.75, 3.05) is 6.61 Å². The predicted octanol–water partition coefficient (Wildman–Crippen LogP) is 7.17.